The molecule has 2 rings (SSSR count). The maximum atomic E-state index is 12.3. The van der Waals surface area contributed by atoms with Gasteiger partial charge >= 0.3 is 12.0 Å². The smallest absolute Gasteiger partial charge is 0.337 e. The Morgan fingerprint density at radius 1 is 1.29 bits per heavy atom. The van der Waals surface area contributed by atoms with E-state index in [1.165, 1.54) is 24.6 Å². The van der Waals surface area contributed by atoms with Crippen LogP contribution < -0.4 is 5.32 Å². The van der Waals surface area contributed by atoms with Crippen molar-refractivity contribution in [2.75, 3.05) is 12.4 Å². The normalized spacial score (nSPS) is 15.5. The van der Waals surface area contributed by atoms with Crippen LogP contribution in [0.15, 0.2) is 18.2 Å². The van der Waals surface area contributed by atoms with Gasteiger partial charge in [-0.3, -0.25) is 0 Å². The molecular weight excluding hydrogens is 292 g/mol. The Balaban J connectivity index is 2.11. The number of halogens is 1. The number of carboxylic acids is 1. The van der Waals surface area contributed by atoms with E-state index in [0.717, 1.165) is 25.7 Å². The molecule has 0 aromatic heterocycles. The fraction of sp³-hybridized carbons (Fsp3) is 0.467. The van der Waals surface area contributed by atoms with E-state index >= 15 is 0 Å². The number of aromatic carboxylic acids is 1. The van der Waals surface area contributed by atoms with E-state index in [1.807, 2.05) is 0 Å². The van der Waals surface area contributed by atoms with Crippen LogP contribution in [0, 0.1) is 0 Å². The predicted octanol–water partition coefficient (Wildman–Crippen LogP) is 3.83. The van der Waals surface area contributed by atoms with Crippen LogP contribution in [0.4, 0.5) is 10.5 Å². The highest BCUT2D eigenvalue weighted by Gasteiger charge is 2.23. The van der Waals surface area contributed by atoms with Crippen LogP contribution in [0.25, 0.3) is 0 Å². The van der Waals surface area contributed by atoms with Crippen LogP contribution in [0.2, 0.25) is 5.02 Å². The lowest BCUT2D eigenvalue weighted by molar-refractivity contribution is 0.0698. The molecule has 21 heavy (non-hydrogen) atoms. The summed E-state index contributed by atoms with van der Waals surface area (Å²) in [6, 6.07) is 4.25. The molecule has 1 aliphatic rings. The zero-order chi connectivity index (χ0) is 15.4. The molecule has 0 heterocycles. The first-order chi connectivity index (χ1) is 9.99. The average Bonchev–Trinajstić information content (AvgIpc) is 2.47. The molecule has 114 valence electrons. The largest absolute Gasteiger partial charge is 0.478 e. The van der Waals surface area contributed by atoms with Gasteiger partial charge in [0.1, 0.15) is 0 Å². The zero-order valence-electron chi connectivity index (χ0n) is 11.9. The third-order valence-corrected chi connectivity index (χ3v) is 4.13. The quantitative estimate of drug-likeness (QED) is 0.891. The first-order valence-electron chi connectivity index (χ1n) is 7.05. The van der Waals surface area contributed by atoms with Crippen molar-refractivity contribution in [2.45, 2.75) is 38.1 Å². The van der Waals surface area contributed by atoms with Gasteiger partial charge in [0, 0.05) is 18.1 Å². The van der Waals surface area contributed by atoms with Gasteiger partial charge in [0.05, 0.1) is 11.3 Å². The van der Waals surface area contributed by atoms with Crippen LogP contribution >= 0.6 is 11.6 Å². The van der Waals surface area contributed by atoms with Crippen molar-refractivity contribution in [1.82, 2.24) is 4.90 Å². The van der Waals surface area contributed by atoms with E-state index in [9.17, 15) is 9.59 Å². The first kappa shape index (κ1) is 15.6. The van der Waals surface area contributed by atoms with E-state index < -0.39 is 5.97 Å². The minimum atomic E-state index is -1.10. The molecule has 2 amide bonds. The number of carbonyl (C=O) groups is 2. The topological polar surface area (TPSA) is 69.6 Å². The van der Waals surface area contributed by atoms with Gasteiger partial charge in [0.2, 0.25) is 0 Å². The van der Waals surface area contributed by atoms with Gasteiger partial charge < -0.3 is 15.3 Å². The first-order valence-corrected chi connectivity index (χ1v) is 7.43. The number of carbonyl (C=O) groups excluding carboxylic acids is 1. The molecule has 1 aliphatic carbocycles. The number of amides is 2. The number of nitrogens with zero attached hydrogens (tertiary/aromatic N) is 1. The van der Waals surface area contributed by atoms with Crippen LogP contribution in [0.5, 0.6) is 0 Å². The third kappa shape index (κ3) is 3.88. The molecule has 1 fully saturated rings. The number of carboxylic acid groups (broad SMARTS) is 1. The van der Waals surface area contributed by atoms with Gasteiger partial charge in [0.15, 0.2) is 0 Å². The Morgan fingerprint density at radius 3 is 2.57 bits per heavy atom. The number of hydrogen-bond acceptors (Lipinski definition) is 2. The summed E-state index contributed by atoms with van der Waals surface area (Å²) < 4.78 is 0. The lowest BCUT2D eigenvalue weighted by Gasteiger charge is -2.31. The Hall–Kier alpha value is -1.75. The maximum absolute atomic E-state index is 12.3. The zero-order valence-corrected chi connectivity index (χ0v) is 12.7. The average molecular weight is 311 g/mol. The van der Waals surface area contributed by atoms with Crippen LogP contribution in [-0.4, -0.2) is 35.1 Å². The third-order valence-electron chi connectivity index (χ3n) is 3.90. The van der Waals surface area contributed by atoms with Crippen LogP contribution in [-0.2, 0) is 0 Å². The van der Waals surface area contributed by atoms with Crippen LogP contribution in [0.3, 0.4) is 0 Å². The molecule has 0 radical (unpaired) electrons. The summed E-state index contributed by atoms with van der Waals surface area (Å²) in [7, 11) is 1.75. The number of hydrogen-bond donors (Lipinski definition) is 2. The van der Waals surface area contributed by atoms with E-state index in [-0.39, 0.29) is 23.3 Å². The van der Waals surface area contributed by atoms with Gasteiger partial charge in [-0.25, -0.2) is 9.59 Å². The van der Waals surface area contributed by atoms with Crippen molar-refractivity contribution in [2.24, 2.45) is 0 Å². The molecule has 0 atom stereocenters. The van der Waals surface area contributed by atoms with Gasteiger partial charge in [-0.15, -0.1) is 0 Å². The molecule has 1 saturated carbocycles. The van der Waals surface area contributed by atoms with Gasteiger partial charge in [-0.05, 0) is 31.0 Å². The number of benzene rings is 1. The maximum Gasteiger partial charge on any atom is 0.337 e. The molecule has 0 saturated heterocycles. The van der Waals surface area contributed by atoms with Crippen molar-refractivity contribution in [3.63, 3.8) is 0 Å². The minimum absolute atomic E-state index is 0.0322. The second kappa shape index (κ2) is 6.80. The second-order valence-corrected chi connectivity index (χ2v) is 5.76. The highest BCUT2D eigenvalue weighted by Crippen LogP contribution is 2.24. The van der Waals surface area contributed by atoms with Gasteiger partial charge in [-0.1, -0.05) is 30.9 Å². The summed E-state index contributed by atoms with van der Waals surface area (Å²) in [5, 5.41) is 12.2. The molecule has 1 aromatic rings. The number of urea groups is 1. The molecule has 0 bridgehead atoms. The van der Waals surface area contributed by atoms with Crippen molar-refractivity contribution >= 4 is 29.3 Å². The number of anilines is 1. The molecule has 1 aromatic carbocycles. The number of nitrogens with one attached hydrogen (secondary N) is 1. The Bertz CT molecular complexity index is 542. The highest BCUT2D eigenvalue weighted by molar-refractivity contribution is 6.31. The standard InChI is InChI=1S/C15H19ClN2O3/c1-18(11-5-3-2-4-6-11)15(21)17-13-9-10(16)7-8-12(13)14(19)20/h7-9,11H,2-6H2,1H3,(H,17,21)(H,19,20). The fourth-order valence-electron chi connectivity index (χ4n) is 2.64. The monoisotopic (exact) mass is 310 g/mol. The molecule has 0 unspecified atom stereocenters. The second-order valence-electron chi connectivity index (χ2n) is 5.33. The SMILES string of the molecule is CN(C(=O)Nc1cc(Cl)ccc1C(=O)O)C1CCCCC1. The van der Waals surface area contributed by atoms with E-state index in [4.69, 9.17) is 16.7 Å². The molecule has 0 aliphatic heterocycles. The van der Waals surface area contributed by atoms with Crippen molar-refractivity contribution in [3.05, 3.63) is 28.8 Å². The Labute approximate surface area is 128 Å². The summed E-state index contributed by atoms with van der Waals surface area (Å²) in [6.45, 7) is 0. The molecule has 0 spiro atoms. The minimum Gasteiger partial charge on any atom is -0.478 e. The van der Waals surface area contributed by atoms with Crippen molar-refractivity contribution < 1.29 is 14.7 Å². The highest BCUT2D eigenvalue weighted by atomic mass is 35.5. The molecule has 6 heteroatoms. The summed E-state index contributed by atoms with van der Waals surface area (Å²) >= 11 is 5.88. The summed E-state index contributed by atoms with van der Waals surface area (Å²) in [5.41, 5.74) is 0.257. The predicted molar refractivity (Wildman–Crippen MR) is 82.1 cm³/mol. The Kier molecular flexibility index (Phi) is 5.07. The fourth-order valence-corrected chi connectivity index (χ4v) is 2.82. The van der Waals surface area contributed by atoms with E-state index in [0.29, 0.717) is 5.02 Å². The molecule has 2 N–H and O–H groups in total. The van der Waals surface area contributed by atoms with Gasteiger partial charge in [0.25, 0.3) is 0 Å². The van der Waals surface area contributed by atoms with Crippen molar-refractivity contribution in [3.8, 4) is 0 Å². The lowest BCUT2D eigenvalue weighted by atomic mass is 9.95. The lowest BCUT2D eigenvalue weighted by Crippen LogP contribution is -2.41. The number of rotatable bonds is 3. The summed E-state index contributed by atoms with van der Waals surface area (Å²) in [5.74, 6) is -1.10. The van der Waals surface area contributed by atoms with E-state index in [1.54, 1.807) is 11.9 Å². The molecule has 5 nitrogen and oxygen atoms in total. The van der Waals surface area contributed by atoms with Gasteiger partial charge in [-0.2, -0.15) is 0 Å². The van der Waals surface area contributed by atoms with Crippen LogP contribution in [0.1, 0.15) is 42.5 Å². The van der Waals surface area contributed by atoms with E-state index in [2.05, 4.69) is 5.32 Å². The Morgan fingerprint density at radius 2 is 1.95 bits per heavy atom. The summed E-state index contributed by atoms with van der Waals surface area (Å²) in [6.07, 6.45) is 5.44. The molecular formula is C15H19ClN2O3. The van der Waals surface area contributed by atoms with Crippen molar-refractivity contribution in [1.29, 1.82) is 0 Å². The summed E-state index contributed by atoms with van der Waals surface area (Å²) in [4.78, 5) is 25.1.